The van der Waals surface area contributed by atoms with Gasteiger partial charge in [-0.1, -0.05) is 23.2 Å². The molecule has 0 saturated carbocycles. The van der Waals surface area contributed by atoms with Crippen LogP contribution in [0.3, 0.4) is 0 Å². The third kappa shape index (κ3) is 4.29. The van der Waals surface area contributed by atoms with Crippen molar-refractivity contribution in [1.82, 2.24) is 29.0 Å². The monoisotopic (exact) mass is 428 g/mol. The van der Waals surface area contributed by atoms with E-state index in [9.17, 15) is 4.79 Å². The largest absolute Gasteiger partial charge is 0.331 e. The van der Waals surface area contributed by atoms with Crippen LogP contribution in [-0.4, -0.2) is 75.4 Å². The fourth-order valence-electron chi connectivity index (χ4n) is 3.04. The zero-order chi connectivity index (χ0) is 19.7. The highest BCUT2D eigenvalue weighted by molar-refractivity contribution is 7.71. The van der Waals surface area contributed by atoms with Crippen molar-refractivity contribution in [2.75, 3.05) is 40.3 Å². The Morgan fingerprint density at radius 2 is 1.89 bits per heavy atom. The first-order chi connectivity index (χ1) is 12.8. The molecule has 1 fully saturated rings. The first-order valence-corrected chi connectivity index (χ1v) is 9.72. The number of halogens is 2. The molecule has 0 spiro atoms. The van der Waals surface area contributed by atoms with E-state index in [1.54, 1.807) is 35.8 Å². The van der Waals surface area contributed by atoms with Crippen molar-refractivity contribution in [3.05, 3.63) is 33.0 Å². The highest BCUT2D eigenvalue weighted by atomic mass is 35.5. The molecule has 7 nitrogen and oxygen atoms in total. The number of rotatable bonds is 3. The van der Waals surface area contributed by atoms with Gasteiger partial charge >= 0.3 is 6.03 Å². The molecule has 2 aromatic rings. The lowest BCUT2D eigenvalue weighted by Gasteiger charge is -2.35. The van der Waals surface area contributed by atoms with Gasteiger partial charge in [0.05, 0.1) is 11.7 Å². The van der Waals surface area contributed by atoms with E-state index in [0.29, 0.717) is 40.4 Å². The van der Waals surface area contributed by atoms with Gasteiger partial charge in [-0.15, -0.1) is 0 Å². The first kappa shape index (κ1) is 20.1. The number of hydrogen-bond acceptors (Lipinski definition) is 4. The van der Waals surface area contributed by atoms with Crippen LogP contribution in [0.25, 0.3) is 11.4 Å². The minimum atomic E-state index is 0.0452. The van der Waals surface area contributed by atoms with E-state index in [4.69, 9.17) is 35.4 Å². The predicted octanol–water partition coefficient (Wildman–Crippen LogP) is 3.18. The van der Waals surface area contributed by atoms with Crippen LogP contribution < -0.4 is 0 Å². The lowest BCUT2D eigenvalue weighted by Crippen LogP contribution is -2.51. The maximum Gasteiger partial charge on any atom is 0.319 e. The second kappa shape index (κ2) is 8.18. The minimum absolute atomic E-state index is 0.0452. The first-order valence-electron chi connectivity index (χ1n) is 8.55. The Hall–Kier alpha value is -1.61. The van der Waals surface area contributed by atoms with Crippen molar-refractivity contribution < 1.29 is 4.79 Å². The summed E-state index contributed by atoms with van der Waals surface area (Å²) in [4.78, 5) is 17.7. The zero-order valence-electron chi connectivity index (χ0n) is 15.5. The molecule has 0 radical (unpaired) electrons. The van der Waals surface area contributed by atoms with Crippen LogP contribution >= 0.6 is 35.4 Å². The third-order valence-electron chi connectivity index (χ3n) is 4.57. The van der Waals surface area contributed by atoms with Crippen LogP contribution in [-0.2, 0) is 13.7 Å². The number of hydrogen-bond donors (Lipinski definition) is 0. The van der Waals surface area contributed by atoms with E-state index >= 15 is 0 Å². The van der Waals surface area contributed by atoms with Crippen LogP contribution in [0, 0.1) is 4.77 Å². The van der Waals surface area contributed by atoms with Crippen molar-refractivity contribution in [1.29, 1.82) is 0 Å². The summed E-state index contributed by atoms with van der Waals surface area (Å²) >= 11 is 17.9. The van der Waals surface area contributed by atoms with Gasteiger partial charge in [0.1, 0.15) is 0 Å². The standard InChI is InChI=1S/C17H22Cl2N6OS/c1-21(2)16(26)24-8-6-23(7-9-24)11-25-17(27)22(3)15(20-25)13-5-4-12(18)10-14(13)19/h4-5,10H,6-9,11H2,1-3H3. The van der Waals surface area contributed by atoms with Crippen molar-refractivity contribution >= 4 is 41.5 Å². The van der Waals surface area contributed by atoms with Gasteiger partial charge in [-0.3, -0.25) is 4.90 Å². The van der Waals surface area contributed by atoms with E-state index in [-0.39, 0.29) is 6.03 Å². The number of aromatic nitrogens is 3. The predicted molar refractivity (Wildman–Crippen MR) is 110 cm³/mol. The molecular weight excluding hydrogens is 407 g/mol. The van der Waals surface area contributed by atoms with Gasteiger partial charge in [0.15, 0.2) is 10.6 Å². The maximum atomic E-state index is 12.1. The summed E-state index contributed by atoms with van der Waals surface area (Å²) in [5, 5.41) is 5.78. The molecule has 0 unspecified atom stereocenters. The summed E-state index contributed by atoms with van der Waals surface area (Å²) in [6.45, 7) is 3.49. The van der Waals surface area contributed by atoms with Crippen molar-refractivity contribution in [2.24, 2.45) is 7.05 Å². The van der Waals surface area contributed by atoms with Gasteiger partial charge < -0.3 is 14.4 Å². The second-order valence-electron chi connectivity index (χ2n) is 6.71. The van der Waals surface area contributed by atoms with Crippen LogP contribution in [0.2, 0.25) is 10.0 Å². The number of piperazine rings is 1. The van der Waals surface area contributed by atoms with Crippen molar-refractivity contribution in [2.45, 2.75) is 6.67 Å². The summed E-state index contributed by atoms with van der Waals surface area (Å²) in [7, 11) is 5.41. The Kier molecular flexibility index (Phi) is 6.10. The molecule has 1 aromatic heterocycles. The molecule has 27 heavy (non-hydrogen) atoms. The smallest absolute Gasteiger partial charge is 0.319 e. The number of urea groups is 1. The van der Waals surface area contributed by atoms with Gasteiger partial charge in [0.25, 0.3) is 0 Å². The number of nitrogens with zero attached hydrogens (tertiary/aromatic N) is 6. The van der Waals surface area contributed by atoms with Crippen LogP contribution in [0.15, 0.2) is 18.2 Å². The van der Waals surface area contributed by atoms with Gasteiger partial charge in [-0.25, -0.2) is 9.48 Å². The third-order valence-corrected chi connectivity index (χ3v) is 5.60. The molecule has 2 heterocycles. The Morgan fingerprint density at radius 1 is 1.22 bits per heavy atom. The van der Waals surface area contributed by atoms with E-state index in [1.807, 2.05) is 22.6 Å². The molecule has 1 aliphatic rings. The van der Waals surface area contributed by atoms with Crippen molar-refractivity contribution in [3.63, 3.8) is 0 Å². The molecule has 2 amide bonds. The highest BCUT2D eigenvalue weighted by Crippen LogP contribution is 2.29. The van der Waals surface area contributed by atoms with E-state index in [2.05, 4.69) is 10.00 Å². The van der Waals surface area contributed by atoms with Crippen molar-refractivity contribution in [3.8, 4) is 11.4 Å². The van der Waals surface area contributed by atoms with E-state index in [0.717, 1.165) is 18.7 Å². The van der Waals surface area contributed by atoms with Gasteiger partial charge in [-0.2, -0.15) is 5.10 Å². The Morgan fingerprint density at radius 3 is 2.48 bits per heavy atom. The lowest BCUT2D eigenvalue weighted by molar-refractivity contribution is 0.103. The Bertz CT molecular complexity index is 901. The summed E-state index contributed by atoms with van der Waals surface area (Å²) in [6.07, 6.45) is 0. The molecule has 10 heteroatoms. The molecule has 1 aliphatic heterocycles. The molecule has 0 bridgehead atoms. The quantitative estimate of drug-likeness (QED) is 0.704. The topological polar surface area (TPSA) is 49.5 Å². The SMILES string of the molecule is CN(C)C(=O)N1CCN(Cn2nc(-c3ccc(Cl)cc3Cl)n(C)c2=S)CC1. The highest BCUT2D eigenvalue weighted by Gasteiger charge is 2.23. The average Bonchev–Trinajstić information content (AvgIpc) is 2.90. The maximum absolute atomic E-state index is 12.1. The molecule has 3 rings (SSSR count). The van der Waals surface area contributed by atoms with Gasteiger partial charge in [-0.05, 0) is 30.4 Å². The van der Waals surface area contributed by atoms with Crippen LogP contribution in [0.5, 0.6) is 0 Å². The molecule has 0 atom stereocenters. The molecular formula is C17H22Cl2N6OS. The zero-order valence-corrected chi connectivity index (χ0v) is 17.9. The van der Waals surface area contributed by atoms with Crippen LogP contribution in [0.4, 0.5) is 4.79 Å². The summed E-state index contributed by atoms with van der Waals surface area (Å²) in [5.41, 5.74) is 0.787. The second-order valence-corrected chi connectivity index (χ2v) is 7.92. The summed E-state index contributed by atoms with van der Waals surface area (Å²) in [5.74, 6) is 0.697. The minimum Gasteiger partial charge on any atom is -0.331 e. The number of carbonyl (C=O) groups is 1. The molecule has 0 N–H and O–H groups in total. The molecule has 1 saturated heterocycles. The summed E-state index contributed by atoms with van der Waals surface area (Å²) in [6, 6.07) is 5.37. The normalized spacial score (nSPS) is 15.2. The number of amides is 2. The molecule has 146 valence electrons. The molecule has 0 aliphatic carbocycles. The number of carbonyl (C=O) groups excluding carboxylic acids is 1. The van der Waals surface area contributed by atoms with E-state index < -0.39 is 0 Å². The number of benzene rings is 1. The van der Waals surface area contributed by atoms with Gasteiger partial charge in [0, 0.05) is 57.9 Å². The fourth-order valence-corrected chi connectivity index (χ4v) is 3.72. The fraction of sp³-hybridized carbons (Fsp3) is 0.471. The molecule has 1 aromatic carbocycles. The lowest BCUT2D eigenvalue weighted by atomic mass is 10.2. The van der Waals surface area contributed by atoms with Crippen LogP contribution in [0.1, 0.15) is 0 Å². The van der Waals surface area contributed by atoms with E-state index in [1.165, 1.54) is 0 Å². The average molecular weight is 429 g/mol. The van der Waals surface area contributed by atoms with Gasteiger partial charge in [0.2, 0.25) is 0 Å². The Labute approximate surface area is 173 Å². The Balaban J connectivity index is 1.74. The summed E-state index contributed by atoms with van der Waals surface area (Å²) < 4.78 is 4.25.